The van der Waals surface area contributed by atoms with E-state index in [1.54, 1.807) is 18.2 Å². The standard InChI is InChI=1S/C9H11FN2O/c1-11-9(13)6-12-8-5-3-2-4-7(8)10/h2-5,12H,6H2,1H3,(H,11,13). The lowest BCUT2D eigenvalue weighted by Crippen LogP contribution is -2.26. The molecular weight excluding hydrogens is 171 g/mol. The maximum atomic E-state index is 12.9. The molecule has 13 heavy (non-hydrogen) atoms. The van der Waals surface area contributed by atoms with Crippen molar-refractivity contribution in [3.8, 4) is 0 Å². The van der Waals surface area contributed by atoms with Crippen LogP contribution in [0.1, 0.15) is 0 Å². The van der Waals surface area contributed by atoms with Crippen molar-refractivity contribution < 1.29 is 9.18 Å². The van der Waals surface area contributed by atoms with Gasteiger partial charge >= 0.3 is 0 Å². The molecule has 4 heteroatoms. The molecule has 1 amide bonds. The number of benzene rings is 1. The molecule has 1 aromatic carbocycles. The van der Waals surface area contributed by atoms with Crippen molar-refractivity contribution in [2.24, 2.45) is 0 Å². The summed E-state index contributed by atoms with van der Waals surface area (Å²) in [6.07, 6.45) is 0. The Balaban J connectivity index is 2.54. The second-order valence-corrected chi connectivity index (χ2v) is 2.51. The second kappa shape index (κ2) is 4.45. The SMILES string of the molecule is CNC(=O)CNc1ccccc1F. The average molecular weight is 182 g/mol. The zero-order chi connectivity index (χ0) is 9.68. The monoisotopic (exact) mass is 182 g/mol. The molecule has 0 radical (unpaired) electrons. The van der Waals surface area contributed by atoms with E-state index in [2.05, 4.69) is 10.6 Å². The van der Waals surface area contributed by atoms with Crippen LogP contribution in [-0.2, 0) is 4.79 Å². The Hall–Kier alpha value is -1.58. The minimum Gasteiger partial charge on any atom is -0.374 e. The Kier molecular flexibility index (Phi) is 3.25. The highest BCUT2D eigenvalue weighted by molar-refractivity contribution is 5.80. The van der Waals surface area contributed by atoms with Gasteiger partial charge in [0.05, 0.1) is 12.2 Å². The minimum absolute atomic E-state index is 0.0808. The molecule has 0 spiro atoms. The van der Waals surface area contributed by atoms with Crippen LogP contribution in [0.5, 0.6) is 0 Å². The summed E-state index contributed by atoms with van der Waals surface area (Å²) >= 11 is 0. The number of hydrogen-bond acceptors (Lipinski definition) is 2. The van der Waals surface area contributed by atoms with Crippen molar-refractivity contribution >= 4 is 11.6 Å². The Labute approximate surface area is 76.0 Å². The van der Waals surface area contributed by atoms with Crippen LogP contribution in [-0.4, -0.2) is 19.5 Å². The van der Waals surface area contributed by atoms with Gasteiger partial charge in [0.15, 0.2) is 0 Å². The summed E-state index contributed by atoms with van der Waals surface area (Å²) in [5.41, 5.74) is 0.339. The fourth-order valence-electron chi connectivity index (χ4n) is 0.868. The van der Waals surface area contributed by atoms with Gasteiger partial charge in [0.1, 0.15) is 5.82 Å². The number of anilines is 1. The lowest BCUT2D eigenvalue weighted by Gasteiger charge is -2.05. The molecule has 1 aromatic rings. The van der Waals surface area contributed by atoms with E-state index < -0.39 is 0 Å². The molecule has 3 nitrogen and oxygen atoms in total. The molecule has 0 aliphatic carbocycles. The number of rotatable bonds is 3. The fourth-order valence-corrected chi connectivity index (χ4v) is 0.868. The van der Waals surface area contributed by atoms with E-state index in [0.29, 0.717) is 5.69 Å². The van der Waals surface area contributed by atoms with Crippen LogP contribution in [0.15, 0.2) is 24.3 Å². The first kappa shape index (κ1) is 9.51. The van der Waals surface area contributed by atoms with Gasteiger partial charge in [-0.2, -0.15) is 0 Å². The topological polar surface area (TPSA) is 41.1 Å². The summed E-state index contributed by atoms with van der Waals surface area (Å²) in [5, 5.41) is 5.11. The summed E-state index contributed by atoms with van der Waals surface area (Å²) < 4.78 is 12.9. The molecule has 0 unspecified atom stereocenters. The van der Waals surface area contributed by atoms with Gasteiger partial charge in [-0.3, -0.25) is 4.79 Å². The summed E-state index contributed by atoms with van der Waals surface area (Å²) in [6.45, 7) is 0.0808. The molecule has 1 rings (SSSR count). The van der Waals surface area contributed by atoms with Gasteiger partial charge in [-0.15, -0.1) is 0 Å². The quantitative estimate of drug-likeness (QED) is 0.731. The lowest BCUT2D eigenvalue weighted by molar-refractivity contribution is -0.118. The third-order valence-electron chi connectivity index (χ3n) is 1.59. The third-order valence-corrected chi connectivity index (χ3v) is 1.59. The van der Waals surface area contributed by atoms with Crippen molar-refractivity contribution in [1.82, 2.24) is 5.32 Å². The van der Waals surface area contributed by atoms with Gasteiger partial charge in [0.2, 0.25) is 5.91 Å². The summed E-state index contributed by atoms with van der Waals surface area (Å²) in [6, 6.07) is 6.22. The van der Waals surface area contributed by atoms with Crippen LogP contribution in [0.4, 0.5) is 10.1 Å². The molecule has 0 saturated heterocycles. The van der Waals surface area contributed by atoms with Gasteiger partial charge < -0.3 is 10.6 Å². The highest BCUT2D eigenvalue weighted by Gasteiger charge is 2.01. The number of amides is 1. The Morgan fingerprint density at radius 2 is 2.15 bits per heavy atom. The number of hydrogen-bond donors (Lipinski definition) is 2. The van der Waals surface area contributed by atoms with E-state index >= 15 is 0 Å². The van der Waals surface area contributed by atoms with E-state index in [9.17, 15) is 9.18 Å². The summed E-state index contributed by atoms with van der Waals surface area (Å²) in [4.78, 5) is 10.8. The molecule has 70 valence electrons. The van der Waals surface area contributed by atoms with Crippen LogP contribution < -0.4 is 10.6 Å². The van der Waals surface area contributed by atoms with Crippen LogP contribution >= 0.6 is 0 Å². The molecule has 0 heterocycles. The zero-order valence-electron chi connectivity index (χ0n) is 7.30. The normalized spacial score (nSPS) is 9.38. The number of likely N-dealkylation sites (N-methyl/N-ethyl adjacent to an activating group) is 1. The number of nitrogens with one attached hydrogen (secondary N) is 2. The Bertz CT molecular complexity index is 301. The maximum absolute atomic E-state index is 12.9. The van der Waals surface area contributed by atoms with E-state index in [0.717, 1.165) is 0 Å². The molecule has 0 aromatic heterocycles. The number of para-hydroxylation sites is 1. The Morgan fingerprint density at radius 3 is 2.77 bits per heavy atom. The van der Waals surface area contributed by atoms with Crippen molar-refractivity contribution in [1.29, 1.82) is 0 Å². The predicted molar refractivity (Wildman–Crippen MR) is 49.0 cm³/mol. The predicted octanol–water partition coefficient (Wildman–Crippen LogP) is 0.984. The number of carbonyl (C=O) groups is 1. The van der Waals surface area contributed by atoms with Gasteiger partial charge in [-0.25, -0.2) is 4.39 Å². The molecule has 0 atom stereocenters. The smallest absolute Gasteiger partial charge is 0.239 e. The van der Waals surface area contributed by atoms with Gasteiger partial charge in [0, 0.05) is 7.05 Å². The van der Waals surface area contributed by atoms with Gasteiger partial charge in [0.25, 0.3) is 0 Å². The molecule has 0 fully saturated rings. The molecule has 2 N–H and O–H groups in total. The van der Waals surface area contributed by atoms with Gasteiger partial charge in [-0.05, 0) is 12.1 Å². The van der Waals surface area contributed by atoms with Crippen molar-refractivity contribution in [3.05, 3.63) is 30.1 Å². The highest BCUT2D eigenvalue weighted by Crippen LogP contribution is 2.11. The van der Waals surface area contributed by atoms with Crippen LogP contribution in [0.25, 0.3) is 0 Å². The summed E-state index contributed by atoms with van der Waals surface area (Å²) in [7, 11) is 1.53. The average Bonchev–Trinajstić information content (AvgIpc) is 2.16. The van der Waals surface area contributed by atoms with Crippen molar-refractivity contribution in [3.63, 3.8) is 0 Å². The van der Waals surface area contributed by atoms with E-state index in [1.165, 1.54) is 13.1 Å². The largest absolute Gasteiger partial charge is 0.374 e. The zero-order valence-corrected chi connectivity index (χ0v) is 7.30. The second-order valence-electron chi connectivity index (χ2n) is 2.51. The Morgan fingerprint density at radius 1 is 1.46 bits per heavy atom. The third kappa shape index (κ3) is 2.74. The van der Waals surface area contributed by atoms with Crippen LogP contribution in [0.2, 0.25) is 0 Å². The van der Waals surface area contributed by atoms with Crippen molar-refractivity contribution in [2.75, 3.05) is 18.9 Å². The van der Waals surface area contributed by atoms with Crippen LogP contribution in [0, 0.1) is 5.82 Å². The molecular formula is C9H11FN2O. The maximum Gasteiger partial charge on any atom is 0.239 e. The molecule has 0 aliphatic rings. The first-order chi connectivity index (χ1) is 6.24. The first-order valence-electron chi connectivity index (χ1n) is 3.93. The van der Waals surface area contributed by atoms with E-state index in [4.69, 9.17) is 0 Å². The molecule has 0 saturated carbocycles. The summed E-state index contributed by atoms with van der Waals surface area (Å²) in [5.74, 6) is -0.533. The number of carbonyl (C=O) groups excluding carboxylic acids is 1. The van der Waals surface area contributed by atoms with Gasteiger partial charge in [-0.1, -0.05) is 12.1 Å². The highest BCUT2D eigenvalue weighted by atomic mass is 19.1. The number of halogens is 1. The fraction of sp³-hybridized carbons (Fsp3) is 0.222. The van der Waals surface area contributed by atoms with Crippen molar-refractivity contribution in [2.45, 2.75) is 0 Å². The lowest BCUT2D eigenvalue weighted by atomic mass is 10.3. The molecule has 0 aliphatic heterocycles. The van der Waals surface area contributed by atoms with E-state index in [-0.39, 0.29) is 18.3 Å². The van der Waals surface area contributed by atoms with E-state index in [1.807, 2.05) is 0 Å². The minimum atomic E-state index is -0.355. The van der Waals surface area contributed by atoms with Crippen LogP contribution in [0.3, 0.4) is 0 Å². The first-order valence-corrected chi connectivity index (χ1v) is 3.93. The molecule has 0 bridgehead atoms.